The van der Waals surface area contributed by atoms with E-state index < -0.39 is 5.82 Å². The van der Waals surface area contributed by atoms with Crippen molar-refractivity contribution >= 4 is 27.5 Å². The number of nitrogens with one attached hydrogen (secondary N) is 1. The average molecular weight is 429 g/mol. The molecule has 1 aromatic heterocycles. The average Bonchev–Trinajstić information content (AvgIpc) is 2.92. The van der Waals surface area contributed by atoms with Crippen molar-refractivity contribution in [3.05, 3.63) is 64.1 Å². The minimum atomic E-state index is -0.453. The first kappa shape index (κ1) is 17.9. The standard InChI is InChI=1S/C20H18BrFN4O/c21-17-10-7-14(22)12-16(17)20(27)23-15-8-5-13(6-9-15)19-25-24-18-4-2-1-3-11-26(18)19/h5-10,12H,1-4,11H2,(H,23,27). The smallest absolute Gasteiger partial charge is 0.256 e. The summed E-state index contributed by atoms with van der Waals surface area (Å²) in [6, 6.07) is 11.5. The van der Waals surface area contributed by atoms with Crippen LogP contribution in [0.1, 0.15) is 35.4 Å². The van der Waals surface area contributed by atoms with Crippen molar-refractivity contribution < 1.29 is 9.18 Å². The monoisotopic (exact) mass is 428 g/mol. The van der Waals surface area contributed by atoms with Gasteiger partial charge in [-0.25, -0.2) is 4.39 Å². The maximum atomic E-state index is 13.4. The molecule has 2 aromatic carbocycles. The van der Waals surface area contributed by atoms with Gasteiger partial charge in [-0.05, 0) is 71.2 Å². The van der Waals surface area contributed by atoms with Gasteiger partial charge < -0.3 is 9.88 Å². The van der Waals surface area contributed by atoms with Gasteiger partial charge in [0.05, 0.1) is 5.56 Å². The number of fused-ring (bicyclic) bond motifs is 1. The number of aromatic nitrogens is 3. The predicted molar refractivity (Wildman–Crippen MR) is 105 cm³/mol. The van der Waals surface area contributed by atoms with E-state index in [-0.39, 0.29) is 11.5 Å². The fourth-order valence-electron chi connectivity index (χ4n) is 3.27. The molecule has 1 amide bonds. The van der Waals surface area contributed by atoms with Crippen LogP contribution in [0.15, 0.2) is 46.9 Å². The molecule has 5 nitrogen and oxygen atoms in total. The topological polar surface area (TPSA) is 59.8 Å². The molecular weight excluding hydrogens is 411 g/mol. The summed E-state index contributed by atoms with van der Waals surface area (Å²) in [6.45, 7) is 0.934. The van der Waals surface area contributed by atoms with Gasteiger partial charge >= 0.3 is 0 Å². The molecule has 2 heterocycles. The molecule has 0 spiro atoms. The molecule has 0 atom stereocenters. The summed E-state index contributed by atoms with van der Waals surface area (Å²) in [4.78, 5) is 12.4. The zero-order valence-corrected chi connectivity index (χ0v) is 16.2. The second-order valence-corrected chi connectivity index (χ2v) is 7.41. The molecule has 1 N–H and O–H groups in total. The lowest BCUT2D eigenvalue weighted by molar-refractivity contribution is 0.102. The van der Waals surface area contributed by atoms with E-state index in [4.69, 9.17) is 0 Å². The Balaban J connectivity index is 1.54. The summed E-state index contributed by atoms with van der Waals surface area (Å²) in [5.41, 5.74) is 1.85. The van der Waals surface area contributed by atoms with Crippen LogP contribution in [0.25, 0.3) is 11.4 Å². The molecule has 0 aliphatic carbocycles. The first-order chi connectivity index (χ1) is 13.1. The van der Waals surface area contributed by atoms with Crippen molar-refractivity contribution in [3.8, 4) is 11.4 Å². The van der Waals surface area contributed by atoms with Gasteiger partial charge in [0.25, 0.3) is 5.91 Å². The van der Waals surface area contributed by atoms with Crippen LogP contribution in [0.2, 0.25) is 0 Å². The number of aryl methyl sites for hydroxylation is 1. The van der Waals surface area contributed by atoms with Crippen LogP contribution < -0.4 is 5.32 Å². The van der Waals surface area contributed by atoms with Crippen molar-refractivity contribution in [2.75, 3.05) is 5.32 Å². The number of rotatable bonds is 3. The van der Waals surface area contributed by atoms with E-state index >= 15 is 0 Å². The van der Waals surface area contributed by atoms with Crippen LogP contribution in [0, 0.1) is 5.82 Å². The van der Waals surface area contributed by atoms with E-state index in [9.17, 15) is 9.18 Å². The number of nitrogens with zero attached hydrogens (tertiary/aromatic N) is 3. The number of amides is 1. The van der Waals surface area contributed by atoms with Gasteiger partial charge in [-0.1, -0.05) is 6.42 Å². The fraction of sp³-hybridized carbons (Fsp3) is 0.250. The van der Waals surface area contributed by atoms with Gasteiger partial charge in [0.15, 0.2) is 5.82 Å². The summed E-state index contributed by atoms with van der Waals surface area (Å²) in [7, 11) is 0. The summed E-state index contributed by atoms with van der Waals surface area (Å²) in [5, 5.41) is 11.5. The molecular formula is C20H18BrFN4O. The van der Waals surface area contributed by atoms with Gasteiger partial charge in [0.1, 0.15) is 11.6 Å². The molecule has 1 aliphatic rings. The molecule has 0 saturated heterocycles. The van der Waals surface area contributed by atoms with Crippen molar-refractivity contribution in [2.45, 2.75) is 32.2 Å². The zero-order valence-electron chi connectivity index (χ0n) is 14.6. The van der Waals surface area contributed by atoms with Gasteiger partial charge in [0.2, 0.25) is 0 Å². The Morgan fingerprint density at radius 1 is 1.07 bits per heavy atom. The SMILES string of the molecule is O=C(Nc1ccc(-c2nnc3n2CCCCC3)cc1)c1cc(F)ccc1Br. The highest BCUT2D eigenvalue weighted by atomic mass is 79.9. The molecule has 3 aromatic rings. The number of carbonyl (C=O) groups is 1. The molecule has 7 heteroatoms. The van der Waals surface area contributed by atoms with E-state index in [1.54, 1.807) is 0 Å². The normalized spacial score (nSPS) is 13.7. The lowest BCUT2D eigenvalue weighted by atomic mass is 10.1. The zero-order chi connectivity index (χ0) is 18.8. The van der Waals surface area contributed by atoms with Crippen molar-refractivity contribution in [3.63, 3.8) is 0 Å². The largest absolute Gasteiger partial charge is 0.322 e. The van der Waals surface area contributed by atoms with E-state index in [1.165, 1.54) is 24.6 Å². The maximum absolute atomic E-state index is 13.4. The van der Waals surface area contributed by atoms with Crippen LogP contribution in [-0.2, 0) is 13.0 Å². The van der Waals surface area contributed by atoms with Crippen LogP contribution in [0.4, 0.5) is 10.1 Å². The van der Waals surface area contributed by atoms with Gasteiger partial charge in [-0.2, -0.15) is 0 Å². The second kappa shape index (κ2) is 7.60. The van der Waals surface area contributed by atoms with Crippen LogP contribution in [-0.4, -0.2) is 20.7 Å². The molecule has 1 aliphatic heterocycles. The third kappa shape index (κ3) is 3.78. The molecule has 4 rings (SSSR count). The Bertz CT molecular complexity index is 984. The van der Waals surface area contributed by atoms with Crippen LogP contribution >= 0.6 is 15.9 Å². The Morgan fingerprint density at radius 3 is 2.70 bits per heavy atom. The minimum Gasteiger partial charge on any atom is -0.322 e. The molecule has 0 radical (unpaired) electrons. The lowest BCUT2D eigenvalue weighted by Gasteiger charge is -2.09. The Labute approximate surface area is 164 Å². The van der Waals surface area contributed by atoms with E-state index in [1.807, 2.05) is 24.3 Å². The molecule has 0 saturated carbocycles. The number of halogens is 2. The first-order valence-corrected chi connectivity index (χ1v) is 9.70. The van der Waals surface area contributed by atoms with E-state index in [0.29, 0.717) is 10.2 Å². The maximum Gasteiger partial charge on any atom is 0.256 e. The number of benzene rings is 2. The second-order valence-electron chi connectivity index (χ2n) is 6.56. The van der Waals surface area contributed by atoms with Gasteiger partial charge in [0, 0.05) is 28.7 Å². The minimum absolute atomic E-state index is 0.252. The summed E-state index contributed by atoms with van der Waals surface area (Å²) in [6.07, 6.45) is 4.46. The highest BCUT2D eigenvalue weighted by Crippen LogP contribution is 2.25. The predicted octanol–water partition coefficient (Wildman–Crippen LogP) is 4.83. The molecule has 138 valence electrons. The summed E-state index contributed by atoms with van der Waals surface area (Å²) < 4.78 is 16.1. The Morgan fingerprint density at radius 2 is 1.89 bits per heavy atom. The third-order valence-corrected chi connectivity index (χ3v) is 5.37. The number of hydrogen-bond acceptors (Lipinski definition) is 3. The van der Waals surface area contributed by atoms with Crippen molar-refractivity contribution in [1.82, 2.24) is 14.8 Å². The quantitative estimate of drug-likeness (QED) is 0.649. The van der Waals surface area contributed by atoms with Crippen molar-refractivity contribution in [2.24, 2.45) is 0 Å². The van der Waals surface area contributed by atoms with Crippen molar-refractivity contribution in [1.29, 1.82) is 0 Å². The molecule has 0 bridgehead atoms. The molecule has 0 unspecified atom stereocenters. The lowest BCUT2D eigenvalue weighted by Crippen LogP contribution is -2.12. The number of carbonyl (C=O) groups excluding carboxylic acids is 1. The Kier molecular flexibility index (Phi) is 5.03. The highest BCUT2D eigenvalue weighted by Gasteiger charge is 2.16. The van der Waals surface area contributed by atoms with E-state index in [0.717, 1.165) is 43.0 Å². The number of hydrogen-bond donors (Lipinski definition) is 1. The third-order valence-electron chi connectivity index (χ3n) is 4.68. The highest BCUT2D eigenvalue weighted by molar-refractivity contribution is 9.10. The molecule has 0 fully saturated rings. The van der Waals surface area contributed by atoms with Gasteiger partial charge in [-0.15, -0.1) is 10.2 Å². The van der Waals surface area contributed by atoms with Gasteiger partial charge in [-0.3, -0.25) is 4.79 Å². The number of anilines is 1. The van der Waals surface area contributed by atoms with Crippen LogP contribution in [0.3, 0.4) is 0 Å². The fourth-order valence-corrected chi connectivity index (χ4v) is 3.70. The Hall–Kier alpha value is -2.54. The first-order valence-electron chi connectivity index (χ1n) is 8.91. The molecule has 27 heavy (non-hydrogen) atoms. The van der Waals surface area contributed by atoms with E-state index in [2.05, 4.69) is 36.0 Å². The summed E-state index contributed by atoms with van der Waals surface area (Å²) >= 11 is 3.28. The summed E-state index contributed by atoms with van der Waals surface area (Å²) in [5.74, 6) is 1.07. The van der Waals surface area contributed by atoms with Crippen LogP contribution in [0.5, 0.6) is 0 Å².